The molecule has 26 heteroatoms. The molecule has 11 amide bonds. The fourth-order valence-corrected chi connectivity index (χ4v) is 10.1. The van der Waals surface area contributed by atoms with Crippen molar-refractivity contribution in [2.24, 2.45) is 5.73 Å². The van der Waals surface area contributed by atoms with Crippen molar-refractivity contribution in [3.63, 3.8) is 0 Å². The van der Waals surface area contributed by atoms with Crippen LogP contribution in [-0.4, -0.2) is 157 Å². The average Bonchev–Trinajstić information content (AvgIpc) is 0.847. The molecule has 0 spiro atoms. The SMILES string of the molecule is CCCCCCN1C(=O)c2ccc3c4ccc5c6c(ccc(c7ccc(c2c37)C1=O)c64)C(=O)N(C(=O)CNC(=O)[C@@H](C)NC(=O)[C@@H](C)NC(=O)[C@@H](C)NC(=O)[C@H](CCC(=O)O)NC(=O)[C@H](CCC(=O)O)NC(=O)[C@@H](N)CCC(=O)O)C5=O. The molecule has 7 rings (SSSR count). The highest BCUT2D eigenvalue weighted by Crippen LogP contribution is 2.46. The van der Waals surface area contributed by atoms with Crippen molar-refractivity contribution in [3.05, 3.63) is 70.8 Å². The van der Waals surface area contributed by atoms with Gasteiger partial charge in [0, 0.05) is 58.8 Å². The summed E-state index contributed by atoms with van der Waals surface area (Å²) in [5, 5.41) is 45.8. The second-order valence-electron chi connectivity index (χ2n) is 20.2. The number of unbranched alkanes of at least 4 members (excludes halogenated alkanes) is 3. The van der Waals surface area contributed by atoms with Crippen LogP contribution in [0.1, 0.15) is 133 Å². The van der Waals surface area contributed by atoms with E-state index in [-0.39, 0.29) is 29.4 Å². The number of benzene rings is 5. The number of hydrogen-bond acceptors (Lipinski definition) is 15. The molecular weight excluding hydrogens is 1070 g/mol. The summed E-state index contributed by atoms with van der Waals surface area (Å²) in [6.45, 7) is 5.16. The fourth-order valence-electron chi connectivity index (χ4n) is 10.1. The zero-order chi connectivity index (χ0) is 60.0. The van der Waals surface area contributed by atoms with E-state index in [1.165, 1.54) is 37.8 Å². The van der Waals surface area contributed by atoms with Crippen LogP contribution in [0, 0.1) is 0 Å². The summed E-state index contributed by atoms with van der Waals surface area (Å²) < 4.78 is 0. The number of nitrogens with two attached hydrogens (primary N) is 1. The van der Waals surface area contributed by atoms with Crippen molar-refractivity contribution >= 4 is 126 Å². The number of carboxylic acid groups (broad SMARTS) is 3. The standard InChI is InChI=1S/C56H61N9O17/c1-5-6-7-8-23-64-53(79)32-13-9-28-30-11-15-34-46-35(16-12-31(44(30)46)29-10-14-33(54(64)80)45(32)43(28)29)56(82)65(55(34)81)39(66)24-58-47(73)25(2)59-48(74)26(3)60-49(75)27(4)61-51(77)37(18-21-41(69)70)63-52(78)38(19-22-42(71)72)62-50(76)36(57)17-20-40(67)68/h9-16,25-27,36-38H,5-8,17-24,57H2,1-4H3,(H,58,73)(H,59,74)(H,60,75)(H,61,77)(H,62,76)(H,63,78)(H,67,68)(H,69,70)(H,71,72)/t25-,26-,27-,36+,37+,38+/m1/s1. The van der Waals surface area contributed by atoms with E-state index < -0.39 is 146 Å². The number of nitrogens with zero attached hydrogens (tertiary/aromatic N) is 2. The summed E-state index contributed by atoms with van der Waals surface area (Å²) in [5.74, 6) is -13.8. The number of fused-ring (bicyclic) bond motifs is 2. The Morgan fingerprint density at radius 3 is 1.27 bits per heavy atom. The number of aliphatic carboxylic acids is 3. The number of rotatable bonds is 27. The van der Waals surface area contributed by atoms with Gasteiger partial charge in [-0.2, -0.15) is 0 Å². The summed E-state index contributed by atoms with van der Waals surface area (Å²) in [7, 11) is 0. The van der Waals surface area contributed by atoms with E-state index in [0.717, 1.165) is 19.3 Å². The minimum Gasteiger partial charge on any atom is -0.481 e. The maximum Gasteiger partial charge on any atom is 0.303 e. The van der Waals surface area contributed by atoms with Crippen molar-refractivity contribution in [3.8, 4) is 0 Å². The van der Waals surface area contributed by atoms with Gasteiger partial charge in [-0.05, 0) is 103 Å². The number of imide groups is 4. The molecule has 0 aromatic heterocycles. The maximum absolute atomic E-state index is 14.1. The van der Waals surface area contributed by atoms with Crippen molar-refractivity contribution < 1.29 is 82.4 Å². The van der Waals surface area contributed by atoms with Crippen molar-refractivity contribution in [1.29, 1.82) is 0 Å². The van der Waals surface area contributed by atoms with E-state index in [4.69, 9.17) is 10.8 Å². The number of carbonyl (C=O) groups excluding carboxylic acids is 11. The largest absolute Gasteiger partial charge is 0.481 e. The summed E-state index contributed by atoms with van der Waals surface area (Å²) >= 11 is 0. The molecule has 432 valence electrons. The predicted molar refractivity (Wildman–Crippen MR) is 291 cm³/mol. The normalized spacial score (nSPS) is 15.1. The molecule has 5 aromatic rings. The van der Waals surface area contributed by atoms with Crippen LogP contribution in [0.25, 0.3) is 43.1 Å². The first-order chi connectivity index (χ1) is 38.9. The van der Waals surface area contributed by atoms with Crippen LogP contribution in [0.3, 0.4) is 0 Å². The second-order valence-corrected chi connectivity index (χ2v) is 20.2. The minimum atomic E-state index is -1.67. The van der Waals surface area contributed by atoms with Crippen molar-refractivity contribution in [2.75, 3.05) is 13.1 Å². The molecule has 2 aliphatic rings. The van der Waals surface area contributed by atoms with Gasteiger partial charge >= 0.3 is 17.9 Å². The van der Waals surface area contributed by atoms with E-state index >= 15 is 0 Å². The van der Waals surface area contributed by atoms with Gasteiger partial charge in [0.05, 0.1) is 12.6 Å². The van der Waals surface area contributed by atoms with Gasteiger partial charge in [-0.25, -0.2) is 4.90 Å². The number of amides is 11. The number of carbonyl (C=O) groups is 14. The lowest BCUT2D eigenvalue weighted by molar-refractivity contribution is -0.140. The lowest BCUT2D eigenvalue weighted by atomic mass is 9.82. The predicted octanol–water partition coefficient (Wildman–Crippen LogP) is 1.56. The monoisotopic (exact) mass is 1130 g/mol. The molecule has 0 aliphatic carbocycles. The fraction of sp³-hybridized carbons (Fsp3) is 0.393. The first-order valence-corrected chi connectivity index (χ1v) is 26.5. The summed E-state index contributed by atoms with van der Waals surface area (Å²) in [6.07, 6.45) is 0.294. The van der Waals surface area contributed by atoms with Gasteiger partial charge in [-0.15, -0.1) is 0 Å². The molecule has 0 radical (unpaired) electrons. The van der Waals surface area contributed by atoms with E-state index in [0.29, 0.717) is 72.1 Å². The smallest absolute Gasteiger partial charge is 0.303 e. The van der Waals surface area contributed by atoms with E-state index in [1.54, 1.807) is 36.4 Å². The van der Waals surface area contributed by atoms with Gasteiger partial charge in [0.1, 0.15) is 30.2 Å². The van der Waals surface area contributed by atoms with Crippen LogP contribution in [0.4, 0.5) is 0 Å². The van der Waals surface area contributed by atoms with Crippen LogP contribution in [-0.2, 0) is 47.9 Å². The van der Waals surface area contributed by atoms with Crippen LogP contribution < -0.4 is 37.6 Å². The number of nitrogens with one attached hydrogen (secondary N) is 6. The Hall–Kier alpha value is -9.46. The third-order valence-corrected chi connectivity index (χ3v) is 14.4. The van der Waals surface area contributed by atoms with Crippen LogP contribution in [0.2, 0.25) is 0 Å². The molecule has 5 aromatic carbocycles. The Labute approximate surface area is 466 Å². The quantitative estimate of drug-likeness (QED) is 0.0154. The molecule has 0 fully saturated rings. The molecule has 26 nitrogen and oxygen atoms in total. The first-order valence-electron chi connectivity index (χ1n) is 26.5. The van der Waals surface area contributed by atoms with Gasteiger partial charge in [0.25, 0.3) is 29.5 Å². The van der Waals surface area contributed by atoms with E-state index in [1.807, 2.05) is 0 Å². The molecule has 2 heterocycles. The van der Waals surface area contributed by atoms with Crippen molar-refractivity contribution in [2.45, 2.75) is 128 Å². The molecular formula is C56H61N9O17. The Morgan fingerprint density at radius 2 is 0.841 bits per heavy atom. The topological polar surface area (TPSA) is 404 Å². The second kappa shape index (κ2) is 25.3. The van der Waals surface area contributed by atoms with E-state index in [9.17, 15) is 77.3 Å². The molecule has 0 bridgehead atoms. The maximum atomic E-state index is 14.1. The molecule has 2 aliphatic heterocycles. The Morgan fingerprint density at radius 1 is 0.463 bits per heavy atom. The van der Waals surface area contributed by atoms with Gasteiger partial charge in [-0.1, -0.05) is 50.5 Å². The van der Waals surface area contributed by atoms with Gasteiger partial charge < -0.3 is 53.0 Å². The zero-order valence-electron chi connectivity index (χ0n) is 45.1. The lowest BCUT2D eigenvalue weighted by Crippen LogP contribution is -2.58. The van der Waals surface area contributed by atoms with Gasteiger partial charge in [0.2, 0.25) is 35.4 Å². The molecule has 6 atom stereocenters. The molecule has 82 heavy (non-hydrogen) atoms. The van der Waals surface area contributed by atoms with E-state index in [2.05, 4.69) is 38.8 Å². The third-order valence-electron chi connectivity index (χ3n) is 14.4. The Bertz CT molecular complexity index is 3400. The molecule has 0 unspecified atom stereocenters. The number of hydrogen-bond donors (Lipinski definition) is 10. The van der Waals surface area contributed by atoms with Crippen LogP contribution in [0.5, 0.6) is 0 Å². The minimum absolute atomic E-state index is 0.0309. The first kappa shape index (κ1) is 60.2. The third kappa shape index (κ3) is 12.6. The number of carboxylic acids is 3. The Balaban J connectivity index is 0.956. The highest BCUT2D eigenvalue weighted by atomic mass is 16.4. The van der Waals surface area contributed by atoms with Crippen LogP contribution >= 0.6 is 0 Å². The summed E-state index contributed by atoms with van der Waals surface area (Å²) in [6, 6.07) is 4.36. The van der Waals surface area contributed by atoms with Crippen LogP contribution in [0.15, 0.2) is 48.5 Å². The summed E-state index contributed by atoms with van der Waals surface area (Å²) in [5.41, 5.74) is 6.57. The van der Waals surface area contributed by atoms with Gasteiger partial charge in [-0.3, -0.25) is 72.0 Å². The zero-order valence-corrected chi connectivity index (χ0v) is 45.1. The highest BCUT2D eigenvalue weighted by molar-refractivity contribution is 6.42. The molecule has 11 N–H and O–H groups in total. The van der Waals surface area contributed by atoms with Crippen molar-refractivity contribution in [1.82, 2.24) is 41.7 Å². The summed E-state index contributed by atoms with van der Waals surface area (Å²) in [4.78, 5) is 184. The average molecular weight is 1130 g/mol. The van der Waals surface area contributed by atoms with Gasteiger partial charge in [0.15, 0.2) is 0 Å². The molecule has 0 saturated heterocycles. The Kier molecular flexibility index (Phi) is 18.6. The molecule has 0 saturated carbocycles. The lowest BCUT2D eigenvalue weighted by Gasteiger charge is -2.29. The highest BCUT2D eigenvalue weighted by Gasteiger charge is 2.40.